The molecule has 0 spiro atoms. The predicted octanol–water partition coefficient (Wildman–Crippen LogP) is 15.5. The van der Waals surface area contributed by atoms with Crippen LogP contribution in [0.4, 0.5) is 17.1 Å². The van der Waals surface area contributed by atoms with Crippen LogP contribution in [0.15, 0.2) is 133 Å². The number of rotatable bonds is 6. The van der Waals surface area contributed by atoms with Crippen LogP contribution in [-0.4, -0.2) is 4.57 Å². The zero-order chi connectivity index (χ0) is 40.2. The molecule has 0 radical (unpaired) electrons. The van der Waals surface area contributed by atoms with Gasteiger partial charge in [-0.05, 0) is 206 Å². The van der Waals surface area contributed by atoms with E-state index in [0.717, 1.165) is 35.5 Å². The van der Waals surface area contributed by atoms with Crippen molar-refractivity contribution in [3.05, 3.63) is 156 Å². The Morgan fingerprint density at radius 2 is 0.951 bits per heavy atom. The lowest BCUT2D eigenvalue weighted by atomic mass is 9.48. The van der Waals surface area contributed by atoms with Crippen LogP contribution in [0.1, 0.15) is 113 Å². The number of para-hydroxylation sites is 2. The molecule has 1 heterocycles. The molecule has 0 N–H and O–H groups in total. The quantitative estimate of drug-likeness (QED) is 0.163. The van der Waals surface area contributed by atoms with Gasteiger partial charge < -0.3 is 9.47 Å². The largest absolute Gasteiger partial charge is 0.310 e. The fourth-order valence-electron chi connectivity index (χ4n) is 16.6. The van der Waals surface area contributed by atoms with Crippen molar-refractivity contribution in [2.75, 3.05) is 4.90 Å². The number of nitrogens with zero attached hydrogens (tertiary/aromatic N) is 2. The fourth-order valence-corrected chi connectivity index (χ4v) is 16.6. The van der Waals surface area contributed by atoms with E-state index >= 15 is 0 Å². The third kappa shape index (κ3) is 5.08. The average Bonchev–Trinajstić information content (AvgIpc) is 3.72. The van der Waals surface area contributed by atoms with Gasteiger partial charge in [0.25, 0.3) is 0 Å². The minimum atomic E-state index is -0.163. The van der Waals surface area contributed by atoms with Crippen LogP contribution in [0.5, 0.6) is 0 Å². The second kappa shape index (κ2) is 12.5. The molecule has 16 rings (SSSR count). The molecule has 9 aliphatic rings. The molecular weight excluding hydrogens is 737 g/mol. The maximum Gasteiger partial charge on any atom is 0.0622 e. The molecule has 0 atom stereocenters. The number of fused-ring (bicyclic) bond motifs is 7. The molecule has 2 nitrogen and oxygen atoms in total. The summed E-state index contributed by atoms with van der Waals surface area (Å²) in [5.41, 5.74) is 17.0. The van der Waals surface area contributed by atoms with E-state index in [1.807, 2.05) is 0 Å². The average molecular weight is 795 g/mol. The molecule has 61 heavy (non-hydrogen) atoms. The van der Waals surface area contributed by atoms with E-state index in [1.165, 1.54) is 144 Å². The smallest absolute Gasteiger partial charge is 0.0622 e. The lowest BCUT2D eigenvalue weighted by Crippen LogP contribution is -2.48. The van der Waals surface area contributed by atoms with Crippen LogP contribution in [0.2, 0.25) is 0 Å². The number of hydrogen-bond acceptors (Lipinski definition) is 1. The molecule has 0 unspecified atom stereocenters. The first-order chi connectivity index (χ1) is 29.8. The van der Waals surface area contributed by atoms with E-state index in [-0.39, 0.29) is 5.41 Å². The Morgan fingerprint density at radius 1 is 0.459 bits per heavy atom. The molecule has 0 amide bonds. The summed E-state index contributed by atoms with van der Waals surface area (Å²) in [4.78, 5) is 2.59. The van der Waals surface area contributed by atoms with Crippen molar-refractivity contribution in [1.82, 2.24) is 4.57 Å². The third-order valence-electron chi connectivity index (χ3n) is 18.3. The Morgan fingerprint density at radius 3 is 1.49 bits per heavy atom. The highest BCUT2D eigenvalue weighted by Gasteiger charge is 2.53. The summed E-state index contributed by atoms with van der Waals surface area (Å²) in [6.45, 7) is 4.90. The van der Waals surface area contributed by atoms with Crippen LogP contribution in [0.25, 0.3) is 38.6 Å². The zero-order valence-electron chi connectivity index (χ0n) is 36.0. The Bertz CT molecular complexity index is 2730. The molecule has 8 saturated carbocycles. The van der Waals surface area contributed by atoms with Gasteiger partial charge in [0, 0.05) is 44.5 Å². The Labute approximate surface area is 362 Å². The van der Waals surface area contributed by atoms with Crippen LogP contribution in [-0.2, 0) is 16.2 Å². The molecule has 7 aromatic rings. The Hall–Kier alpha value is -5.08. The highest BCUT2D eigenvalue weighted by atomic mass is 15.1. The second-order valence-electron chi connectivity index (χ2n) is 22.3. The van der Waals surface area contributed by atoms with E-state index in [4.69, 9.17) is 0 Å². The summed E-state index contributed by atoms with van der Waals surface area (Å²) in [5, 5.41) is 2.64. The predicted molar refractivity (Wildman–Crippen MR) is 253 cm³/mol. The molecule has 8 fully saturated rings. The maximum atomic E-state index is 2.59. The normalized spacial score (nSPS) is 30.9. The highest BCUT2D eigenvalue weighted by Crippen LogP contribution is 2.63. The van der Waals surface area contributed by atoms with Gasteiger partial charge in [0.2, 0.25) is 0 Å². The summed E-state index contributed by atoms with van der Waals surface area (Å²) < 4.78 is 2.52. The lowest BCUT2D eigenvalue weighted by Gasteiger charge is -2.57. The van der Waals surface area contributed by atoms with Crippen molar-refractivity contribution in [3.8, 4) is 16.8 Å². The summed E-state index contributed by atoms with van der Waals surface area (Å²) in [6.07, 6.45) is 17.4. The maximum absolute atomic E-state index is 2.59. The van der Waals surface area contributed by atoms with E-state index in [1.54, 1.807) is 11.1 Å². The SMILES string of the molecule is CC1(C)c2cc(N(c3ccc(C45CC6CC(CC(C6)C4)C5)cc3)c3ccc(C45CC6CC(CC(C6)C4)C5)cc3)ccc2-c2c1ccc1c3ccccc3n(-c3ccccc3)c21. The zero-order valence-corrected chi connectivity index (χ0v) is 36.0. The molecule has 304 valence electrons. The van der Waals surface area contributed by atoms with Crippen LogP contribution < -0.4 is 4.90 Å². The summed E-state index contributed by atoms with van der Waals surface area (Å²) >= 11 is 0. The summed E-state index contributed by atoms with van der Waals surface area (Å²) in [6, 6.07) is 52.3. The van der Waals surface area contributed by atoms with Crippen molar-refractivity contribution in [1.29, 1.82) is 0 Å². The number of aromatic nitrogens is 1. The molecule has 6 aromatic carbocycles. The number of benzene rings is 6. The minimum absolute atomic E-state index is 0.163. The lowest BCUT2D eigenvalue weighted by molar-refractivity contribution is -0.00529. The first-order valence-corrected chi connectivity index (χ1v) is 24.1. The van der Waals surface area contributed by atoms with Gasteiger partial charge >= 0.3 is 0 Å². The molecule has 0 saturated heterocycles. The van der Waals surface area contributed by atoms with Crippen molar-refractivity contribution < 1.29 is 0 Å². The van der Waals surface area contributed by atoms with Crippen molar-refractivity contribution in [2.24, 2.45) is 35.5 Å². The number of hydrogen-bond donors (Lipinski definition) is 0. The van der Waals surface area contributed by atoms with Gasteiger partial charge in [-0.25, -0.2) is 0 Å². The van der Waals surface area contributed by atoms with Crippen LogP contribution >= 0.6 is 0 Å². The van der Waals surface area contributed by atoms with Gasteiger partial charge in [0.1, 0.15) is 0 Å². The van der Waals surface area contributed by atoms with Crippen LogP contribution in [0, 0.1) is 35.5 Å². The molecular formula is C59H58N2. The van der Waals surface area contributed by atoms with Gasteiger partial charge in [0.15, 0.2) is 0 Å². The van der Waals surface area contributed by atoms with Crippen molar-refractivity contribution in [2.45, 2.75) is 107 Å². The van der Waals surface area contributed by atoms with Crippen LogP contribution in [0.3, 0.4) is 0 Å². The topological polar surface area (TPSA) is 8.17 Å². The third-order valence-corrected chi connectivity index (χ3v) is 18.3. The number of anilines is 3. The molecule has 0 aliphatic heterocycles. The van der Waals surface area contributed by atoms with E-state index in [0.29, 0.717) is 10.8 Å². The van der Waals surface area contributed by atoms with Gasteiger partial charge in [-0.15, -0.1) is 0 Å². The second-order valence-corrected chi connectivity index (χ2v) is 22.3. The molecule has 8 bridgehead atoms. The Kier molecular flexibility index (Phi) is 7.29. The van der Waals surface area contributed by atoms with Crippen molar-refractivity contribution in [3.63, 3.8) is 0 Å². The molecule has 1 aromatic heterocycles. The van der Waals surface area contributed by atoms with E-state index in [2.05, 4.69) is 157 Å². The Balaban J connectivity index is 0.909. The van der Waals surface area contributed by atoms with E-state index < -0.39 is 0 Å². The summed E-state index contributed by atoms with van der Waals surface area (Å²) in [7, 11) is 0. The van der Waals surface area contributed by atoms with Gasteiger partial charge in [-0.2, -0.15) is 0 Å². The standard InChI is InChI=1S/C59H58N2/c1-57(2)52-23-22-50-49-10-6-7-11-54(49)61(45-8-4-3-5-9-45)56(50)55(52)51-21-20-48(30-53(51)57)60(46-16-12-43(13-17-46)58-31-37-24-38(32-58)26-39(25-37)33-58)47-18-14-44(15-19-47)59-34-40-27-41(35-59)29-42(28-40)36-59/h3-23,30,37-42H,24-29,31-36H2,1-2H3. The minimum Gasteiger partial charge on any atom is -0.310 e. The first-order valence-electron chi connectivity index (χ1n) is 24.1. The monoisotopic (exact) mass is 794 g/mol. The van der Waals surface area contributed by atoms with Crippen molar-refractivity contribution >= 4 is 38.9 Å². The first kappa shape index (κ1) is 35.5. The van der Waals surface area contributed by atoms with E-state index in [9.17, 15) is 0 Å². The van der Waals surface area contributed by atoms with Gasteiger partial charge in [-0.1, -0.05) is 92.7 Å². The summed E-state index contributed by atoms with van der Waals surface area (Å²) in [5.74, 6) is 5.69. The fraction of sp³-hybridized carbons (Fsp3) is 0.390. The molecule has 2 heteroatoms. The van der Waals surface area contributed by atoms with Gasteiger partial charge in [-0.3, -0.25) is 0 Å². The molecule has 9 aliphatic carbocycles. The van der Waals surface area contributed by atoms with Gasteiger partial charge in [0.05, 0.1) is 11.0 Å². The highest BCUT2D eigenvalue weighted by molar-refractivity contribution is 6.15.